The van der Waals surface area contributed by atoms with Gasteiger partial charge in [-0.25, -0.2) is 4.98 Å². The zero-order chi connectivity index (χ0) is 15.9. The third-order valence-electron chi connectivity index (χ3n) is 3.44. The number of aromatic nitrogens is 4. The van der Waals surface area contributed by atoms with Crippen LogP contribution in [0.15, 0.2) is 12.4 Å². The van der Waals surface area contributed by atoms with Gasteiger partial charge in [-0.05, 0) is 31.9 Å². The number of aryl methyl sites for hydroxylation is 3. The number of nitriles is 1. The Bertz CT molecular complexity index is 673. The van der Waals surface area contributed by atoms with Crippen LogP contribution in [0.2, 0.25) is 0 Å². The molecule has 0 saturated heterocycles. The van der Waals surface area contributed by atoms with Crippen molar-refractivity contribution >= 4 is 5.82 Å². The first-order chi connectivity index (χ1) is 10.7. The number of ether oxygens (including phenoxy) is 1. The fourth-order valence-electron chi connectivity index (χ4n) is 2.07. The molecular weight excluding hydrogens is 280 g/mol. The summed E-state index contributed by atoms with van der Waals surface area (Å²) >= 11 is 0. The lowest BCUT2D eigenvalue weighted by atomic mass is 10.1. The fraction of sp³-hybridized carbons (Fsp3) is 0.467. The zero-order valence-corrected chi connectivity index (χ0v) is 13.1. The molecule has 0 aliphatic carbocycles. The molecule has 0 amide bonds. The van der Waals surface area contributed by atoms with E-state index in [2.05, 4.69) is 26.6 Å². The van der Waals surface area contributed by atoms with Gasteiger partial charge in [0.05, 0.1) is 12.1 Å². The summed E-state index contributed by atoms with van der Waals surface area (Å²) in [5.41, 5.74) is 2.45. The van der Waals surface area contributed by atoms with Crippen LogP contribution in [-0.4, -0.2) is 33.5 Å². The van der Waals surface area contributed by atoms with Crippen molar-refractivity contribution in [3.8, 4) is 6.07 Å². The van der Waals surface area contributed by atoms with E-state index in [1.165, 1.54) is 0 Å². The summed E-state index contributed by atoms with van der Waals surface area (Å²) in [4.78, 5) is 4.44. The number of anilines is 1. The molecule has 0 aromatic carbocycles. The van der Waals surface area contributed by atoms with Crippen LogP contribution < -0.4 is 5.32 Å². The SMILES string of the molecule is COCCCn1cnnc1CNc1nc(C)c(C)cc1C#N. The van der Waals surface area contributed by atoms with Gasteiger partial charge < -0.3 is 14.6 Å². The molecule has 7 heteroatoms. The van der Waals surface area contributed by atoms with E-state index >= 15 is 0 Å². The maximum atomic E-state index is 9.21. The summed E-state index contributed by atoms with van der Waals surface area (Å²) in [7, 11) is 1.68. The summed E-state index contributed by atoms with van der Waals surface area (Å²) in [5.74, 6) is 1.39. The molecular formula is C15H20N6O. The van der Waals surface area contributed by atoms with Gasteiger partial charge >= 0.3 is 0 Å². The van der Waals surface area contributed by atoms with Crippen LogP contribution in [0.3, 0.4) is 0 Å². The summed E-state index contributed by atoms with van der Waals surface area (Å²) in [6, 6.07) is 4.01. The average molecular weight is 300 g/mol. The van der Waals surface area contributed by atoms with Crippen LogP contribution >= 0.6 is 0 Å². The highest BCUT2D eigenvalue weighted by Crippen LogP contribution is 2.16. The lowest BCUT2D eigenvalue weighted by molar-refractivity contribution is 0.190. The molecule has 2 aromatic rings. The molecule has 0 saturated carbocycles. The minimum Gasteiger partial charge on any atom is -0.385 e. The molecule has 0 aliphatic heterocycles. The number of hydrogen-bond donors (Lipinski definition) is 1. The molecule has 2 heterocycles. The van der Waals surface area contributed by atoms with Gasteiger partial charge in [0.2, 0.25) is 0 Å². The second kappa shape index (κ2) is 7.52. The quantitative estimate of drug-likeness (QED) is 0.784. The summed E-state index contributed by atoms with van der Waals surface area (Å²) < 4.78 is 7.02. The Labute approximate surface area is 130 Å². The highest BCUT2D eigenvalue weighted by molar-refractivity contribution is 5.53. The predicted molar refractivity (Wildman–Crippen MR) is 82.3 cm³/mol. The van der Waals surface area contributed by atoms with Crippen LogP contribution in [0.4, 0.5) is 5.82 Å². The van der Waals surface area contributed by atoms with E-state index < -0.39 is 0 Å². The van der Waals surface area contributed by atoms with Gasteiger partial charge in [0.1, 0.15) is 18.2 Å². The maximum Gasteiger partial charge on any atom is 0.152 e. The highest BCUT2D eigenvalue weighted by Gasteiger charge is 2.09. The molecule has 0 unspecified atom stereocenters. The molecule has 2 rings (SSSR count). The number of methoxy groups -OCH3 is 1. The Balaban J connectivity index is 2.06. The number of hydrogen-bond acceptors (Lipinski definition) is 6. The monoisotopic (exact) mass is 300 g/mol. The summed E-state index contributed by atoms with van der Waals surface area (Å²) in [6.45, 7) is 5.83. The van der Waals surface area contributed by atoms with E-state index in [1.807, 2.05) is 24.5 Å². The second-order valence-electron chi connectivity index (χ2n) is 5.04. The Kier molecular flexibility index (Phi) is 5.44. The van der Waals surface area contributed by atoms with Crippen molar-refractivity contribution in [2.45, 2.75) is 33.4 Å². The largest absolute Gasteiger partial charge is 0.385 e. The van der Waals surface area contributed by atoms with Gasteiger partial charge in [-0.15, -0.1) is 10.2 Å². The molecule has 0 atom stereocenters. The van der Waals surface area contributed by atoms with Gasteiger partial charge in [0, 0.05) is 26.0 Å². The summed E-state index contributed by atoms with van der Waals surface area (Å²) in [5, 5.41) is 20.4. The predicted octanol–water partition coefficient (Wildman–Crippen LogP) is 1.81. The normalized spacial score (nSPS) is 10.5. The van der Waals surface area contributed by atoms with Crippen molar-refractivity contribution in [2.24, 2.45) is 0 Å². The van der Waals surface area contributed by atoms with Crippen LogP contribution in [0.25, 0.3) is 0 Å². The van der Waals surface area contributed by atoms with Crippen molar-refractivity contribution < 1.29 is 4.74 Å². The smallest absolute Gasteiger partial charge is 0.152 e. The number of nitrogens with one attached hydrogen (secondary N) is 1. The standard InChI is InChI=1S/C15H20N6O/c1-11-7-13(8-16)15(19-12(11)2)17-9-14-20-18-10-21(14)5-4-6-22-3/h7,10H,4-6,9H2,1-3H3,(H,17,19). The van der Waals surface area contributed by atoms with Gasteiger partial charge in [0.25, 0.3) is 0 Å². The molecule has 7 nitrogen and oxygen atoms in total. The first kappa shape index (κ1) is 15.9. The fourth-order valence-corrected chi connectivity index (χ4v) is 2.07. The van der Waals surface area contributed by atoms with E-state index in [4.69, 9.17) is 4.74 Å². The van der Waals surface area contributed by atoms with E-state index in [1.54, 1.807) is 13.4 Å². The Morgan fingerprint density at radius 2 is 2.23 bits per heavy atom. The number of nitrogens with zero attached hydrogens (tertiary/aromatic N) is 5. The maximum absolute atomic E-state index is 9.21. The zero-order valence-electron chi connectivity index (χ0n) is 13.1. The number of pyridine rings is 1. The Hall–Kier alpha value is -2.46. The van der Waals surface area contributed by atoms with Gasteiger partial charge in [0.15, 0.2) is 5.82 Å². The third-order valence-corrected chi connectivity index (χ3v) is 3.44. The van der Waals surface area contributed by atoms with Crippen molar-refractivity contribution in [3.63, 3.8) is 0 Å². The molecule has 2 aromatic heterocycles. The summed E-state index contributed by atoms with van der Waals surface area (Å²) in [6.07, 6.45) is 2.60. The number of rotatable bonds is 7. The first-order valence-electron chi connectivity index (χ1n) is 7.13. The minimum absolute atomic E-state index is 0.469. The molecule has 116 valence electrons. The van der Waals surface area contributed by atoms with Crippen molar-refractivity contribution in [1.82, 2.24) is 19.7 Å². The van der Waals surface area contributed by atoms with Crippen LogP contribution in [-0.2, 0) is 17.8 Å². The molecule has 0 aliphatic rings. The lowest BCUT2D eigenvalue weighted by Gasteiger charge is -2.10. The van der Waals surface area contributed by atoms with Crippen LogP contribution in [0.1, 0.15) is 29.1 Å². The Morgan fingerprint density at radius 1 is 1.41 bits per heavy atom. The van der Waals surface area contributed by atoms with Crippen LogP contribution in [0, 0.1) is 25.2 Å². The lowest BCUT2D eigenvalue weighted by Crippen LogP contribution is -2.11. The van der Waals surface area contributed by atoms with Crippen molar-refractivity contribution in [3.05, 3.63) is 35.0 Å². The molecule has 1 N–H and O–H groups in total. The van der Waals surface area contributed by atoms with E-state index in [0.717, 1.165) is 30.0 Å². The highest BCUT2D eigenvalue weighted by atomic mass is 16.5. The second-order valence-corrected chi connectivity index (χ2v) is 5.04. The minimum atomic E-state index is 0.469. The van der Waals surface area contributed by atoms with E-state index in [0.29, 0.717) is 24.5 Å². The molecule has 22 heavy (non-hydrogen) atoms. The Morgan fingerprint density at radius 3 is 2.95 bits per heavy atom. The molecule has 0 fully saturated rings. The topological polar surface area (TPSA) is 88.7 Å². The molecule has 0 radical (unpaired) electrons. The molecule has 0 spiro atoms. The van der Waals surface area contributed by atoms with Crippen LogP contribution in [0.5, 0.6) is 0 Å². The van der Waals surface area contributed by atoms with E-state index in [9.17, 15) is 5.26 Å². The first-order valence-corrected chi connectivity index (χ1v) is 7.13. The van der Waals surface area contributed by atoms with Gasteiger partial charge in [-0.2, -0.15) is 5.26 Å². The third kappa shape index (κ3) is 3.80. The molecule has 0 bridgehead atoms. The van der Waals surface area contributed by atoms with Gasteiger partial charge in [-0.1, -0.05) is 0 Å². The van der Waals surface area contributed by atoms with Crippen molar-refractivity contribution in [2.75, 3.05) is 19.0 Å². The van der Waals surface area contributed by atoms with E-state index in [-0.39, 0.29) is 0 Å². The average Bonchev–Trinajstić information content (AvgIpc) is 2.96. The van der Waals surface area contributed by atoms with Crippen molar-refractivity contribution in [1.29, 1.82) is 5.26 Å². The van der Waals surface area contributed by atoms with Gasteiger partial charge in [-0.3, -0.25) is 0 Å².